The fourth-order valence-electron chi connectivity index (χ4n) is 0.614. The molecule has 12 heavy (non-hydrogen) atoms. The molecule has 0 saturated heterocycles. The topological polar surface area (TPSA) is 9.23 Å². The fraction of sp³-hybridized carbons (Fsp3) is 0. The first-order valence-electron chi connectivity index (χ1n) is 2.85. The van der Waals surface area contributed by atoms with Gasteiger partial charge >= 0.3 is 11.5 Å². The first-order chi connectivity index (χ1) is 5.49. The highest BCUT2D eigenvalue weighted by atomic mass is 32.4. The van der Waals surface area contributed by atoms with Gasteiger partial charge in [-0.2, -0.15) is 0 Å². The van der Waals surface area contributed by atoms with Crippen LogP contribution in [-0.2, 0) is 0 Å². The van der Waals surface area contributed by atoms with E-state index in [0.29, 0.717) is 0 Å². The number of benzene rings is 1. The molecule has 0 fully saturated rings. The molecule has 0 aliphatic heterocycles. The number of rotatable bonds is 2. The van der Waals surface area contributed by atoms with Gasteiger partial charge in [0.05, 0.1) is 0 Å². The molecule has 1 aromatic rings. The minimum Gasteiger partial charge on any atom is -0.370 e. The molecule has 0 amide bonds. The van der Waals surface area contributed by atoms with Crippen LogP contribution in [0.2, 0.25) is 0 Å². The van der Waals surface area contributed by atoms with Crippen LogP contribution in [0.1, 0.15) is 0 Å². The van der Waals surface area contributed by atoms with E-state index in [1.54, 1.807) is 0 Å². The summed E-state index contributed by atoms with van der Waals surface area (Å²) in [7, 11) is 0. The number of hydrogen-bond acceptors (Lipinski definition) is 1. The maximum Gasteiger partial charge on any atom is 0.392 e. The van der Waals surface area contributed by atoms with Gasteiger partial charge < -0.3 is 4.18 Å². The summed E-state index contributed by atoms with van der Waals surface area (Å²) in [6, 6.07) is 4.38. The lowest BCUT2D eigenvalue weighted by atomic mass is 10.3. The van der Waals surface area contributed by atoms with E-state index < -0.39 is 23.0 Å². The van der Waals surface area contributed by atoms with Crippen molar-refractivity contribution in [1.82, 2.24) is 0 Å². The van der Waals surface area contributed by atoms with E-state index in [2.05, 4.69) is 4.18 Å². The normalized spacial score (nSPS) is 12.7. The molecule has 1 aromatic carbocycles. The zero-order valence-corrected chi connectivity index (χ0v) is 6.45. The van der Waals surface area contributed by atoms with E-state index in [1.165, 1.54) is 12.1 Å². The second kappa shape index (κ2) is 3.22. The quantitative estimate of drug-likeness (QED) is 0.663. The van der Waals surface area contributed by atoms with Crippen molar-refractivity contribution in [3.63, 3.8) is 0 Å². The van der Waals surface area contributed by atoms with Crippen molar-refractivity contribution in [1.29, 1.82) is 0 Å². The minimum absolute atomic E-state index is 0.778. The predicted molar refractivity (Wildman–Crippen MR) is 37.9 cm³/mol. The highest BCUT2D eigenvalue weighted by molar-refractivity contribution is 8.17. The van der Waals surface area contributed by atoms with Gasteiger partial charge in [0.2, 0.25) is 0 Å². The van der Waals surface area contributed by atoms with E-state index >= 15 is 0 Å². The van der Waals surface area contributed by atoms with Crippen LogP contribution in [0.15, 0.2) is 24.3 Å². The largest absolute Gasteiger partial charge is 0.392 e. The van der Waals surface area contributed by atoms with Gasteiger partial charge in [0, 0.05) is 0 Å². The van der Waals surface area contributed by atoms with Crippen molar-refractivity contribution in [2.75, 3.05) is 0 Å². The Morgan fingerprint density at radius 2 is 1.67 bits per heavy atom. The summed E-state index contributed by atoms with van der Waals surface area (Å²) in [6.45, 7) is 0. The predicted octanol–water partition coefficient (Wildman–Crippen LogP) is 3.58. The first kappa shape index (κ1) is 9.18. The highest BCUT2D eigenvalue weighted by Gasteiger charge is 2.25. The molecule has 0 spiro atoms. The van der Waals surface area contributed by atoms with Crippen LogP contribution in [-0.4, -0.2) is 0 Å². The average Bonchev–Trinajstić information content (AvgIpc) is 1.91. The number of hydrogen-bond donors (Lipinski definition) is 0. The van der Waals surface area contributed by atoms with Gasteiger partial charge in [0.25, 0.3) is 0 Å². The van der Waals surface area contributed by atoms with Gasteiger partial charge in [-0.1, -0.05) is 23.8 Å². The van der Waals surface area contributed by atoms with Gasteiger partial charge in [-0.3, -0.25) is 0 Å². The first-order valence-corrected chi connectivity index (χ1v) is 4.11. The van der Waals surface area contributed by atoms with Crippen LogP contribution in [0.25, 0.3) is 0 Å². The molecule has 1 rings (SSSR count). The lowest BCUT2D eigenvalue weighted by Crippen LogP contribution is -1.91. The Bertz CT molecular complexity index is 272. The molecule has 0 aliphatic rings. The van der Waals surface area contributed by atoms with Gasteiger partial charge in [-0.05, 0) is 12.1 Å². The summed E-state index contributed by atoms with van der Waals surface area (Å²) in [5.74, 6) is -1.79. The summed E-state index contributed by atoms with van der Waals surface area (Å²) >= 11 is -5.64. The van der Waals surface area contributed by atoms with Crippen molar-refractivity contribution in [2.24, 2.45) is 0 Å². The van der Waals surface area contributed by atoms with Crippen LogP contribution in [0, 0.1) is 5.82 Å². The Labute approximate surface area is 68.4 Å². The molecule has 0 bridgehead atoms. The molecule has 0 saturated carbocycles. The van der Waals surface area contributed by atoms with Crippen LogP contribution in [0.3, 0.4) is 0 Å². The van der Waals surface area contributed by atoms with E-state index in [1.807, 2.05) is 0 Å². The van der Waals surface area contributed by atoms with Crippen molar-refractivity contribution >= 4 is 11.5 Å². The Hall–Kier alpha value is -0.910. The van der Waals surface area contributed by atoms with Gasteiger partial charge in [-0.25, -0.2) is 4.39 Å². The second-order valence-electron chi connectivity index (χ2n) is 1.88. The molecule has 0 unspecified atom stereocenters. The van der Waals surface area contributed by atoms with Crippen molar-refractivity contribution < 1.29 is 20.2 Å². The molecular weight excluding hydrogens is 196 g/mol. The molecule has 0 radical (unpaired) electrons. The summed E-state index contributed by atoms with van der Waals surface area (Å²) in [5.41, 5.74) is 0. The van der Waals surface area contributed by atoms with Gasteiger partial charge in [0.15, 0.2) is 11.6 Å². The SMILES string of the molecule is Fc1ccccc1OS(F)(F)F. The zero-order valence-electron chi connectivity index (χ0n) is 5.64. The van der Waals surface area contributed by atoms with Crippen LogP contribution in [0.4, 0.5) is 16.0 Å². The molecule has 0 aromatic heterocycles. The fourth-order valence-corrected chi connectivity index (χ4v) is 0.953. The highest BCUT2D eigenvalue weighted by Crippen LogP contribution is 2.54. The van der Waals surface area contributed by atoms with E-state index in [0.717, 1.165) is 12.1 Å². The van der Waals surface area contributed by atoms with E-state index in [-0.39, 0.29) is 0 Å². The average molecular weight is 200 g/mol. The summed E-state index contributed by atoms with van der Waals surface area (Å²) in [5, 5.41) is 0. The maximum atomic E-state index is 12.5. The van der Waals surface area contributed by atoms with Crippen LogP contribution in [0.5, 0.6) is 5.75 Å². The number of halogens is 4. The summed E-state index contributed by atoms with van der Waals surface area (Å²) < 4.78 is 50.8. The Morgan fingerprint density at radius 3 is 2.17 bits per heavy atom. The van der Waals surface area contributed by atoms with Crippen molar-refractivity contribution in [3.05, 3.63) is 30.1 Å². The molecule has 6 heteroatoms. The third kappa shape index (κ3) is 2.61. The van der Waals surface area contributed by atoms with Gasteiger partial charge in [0.1, 0.15) is 0 Å². The Morgan fingerprint density at radius 1 is 1.08 bits per heavy atom. The lowest BCUT2D eigenvalue weighted by Gasteiger charge is -2.10. The second-order valence-corrected chi connectivity index (χ2v) is 2.77. The van der Waals surface area contributed by atoms with Crippen LogP contribution >= 0.6 is 11.5 Å². The summed E-state index contributed by atoms with van der Waals surface area (Å²) in [6.07, 6.45) is 0. The Balaban J connectivity index is 2.83. The Kier molecular flexibility index (Phi) is 2.46. The molecule has 0 atom stereocenters. The molecule has 0 aliphatic carbocycles. The van der Waals surface area contributed by atoms with Crippen molar-refractivity contribution in [2.45, 2.75) is 0 Å². The molecule has 0 N–H and O–H groups in total. The number of para-hydroxylation sites is 1. The van der Waals surface area contributed by atoms with E-state index in [9.17, 15) is 16.0 Å². The van der Waals surface area contributed by atoms with Crippen molar-refractivity contribution in [3.8, 4) is 5.75 Å². The molecule has 68 valence electrons. The summed E-state index contributed by atoms with van der Waals surface area (Å²) in [4.78, 5) is 0. The smallest absolute Gasteiger partial charge is 0.370 e. The lowest BCUT2D eigenvalue weighted by molar-refractivity contribution is 0.430. The molecule has 1 nitrogen and oxygen atoms in total. The van der Waals surface area contributed by atoms with Gasteiger partial charge in [-0.15, -0.1) is 0 Å². The van der Waals surface area contributed by atoms with Crippen LogP contribution < -0.4 is 4.18 Å². The maximum absolute atomic E-state index is 12.5. The standard InChI is InChI=1S/C6H4F4OS/c7-5-3-1-2-4-6(5)11-12(8,9)10/h1-4H. The van der Waals surface area contributed by atoms with E-state index in [4.69, 9.17) is 0 Å². The minimum atomic E-state index is -5.64. The molecule has 0 heterocycles. The zero-order chi connectivity index (χ0) is 9.19. The monoisotopic (exact) mass is 200 g/mol. The third-order valence-corrected chi connectivity index (χ3v) is 1.39. The molecular formula is C6H4F4OS. The third-order valence-electron chi connectivity index (χ3n) is 1.02.